The first-order valence-electron chi connectivity index (χ1n) is 11.5. The molecule has 1 N–H and O–H groups in total. The van der Waals surface area contributed by atoms with Crippen molar-refractivity contribution in [2.45, 2.75) is 19.8 Å². The summed E-state index contributed by atoms with van der Waals surface area (Å²) in [4.78, 5) is 13.6. The molecular weight excluding hydrogens is 471 g/mol. The van der Waals surface area contributed by atoms with E-state index in [1.54, 1.807) is 34.5 Å². The molecule has 1 amide bonds. The molecule has 0 bridgehead atoms. The fourth-order valence-electron chi connectivity index (χ4n) is 4.58. The molecule has 0 fully saturated rings. The van der Waals surface area contributed by atoms with E-state index in [0.29, 0.717) is 10.6 Å². The number of hydrogen-bond donors (Lipinski definition) is 1. The molecule has 0 aliphatic carbocycles. The van der Waals surface area contributed by atoms with E-state index in [0.717, 1.165) is 27.7 Å². The lowest BCUT2D eigenvalue weighted by atomic mass is 9.70. The summed E-state index contributed by atoms with van der Waals surface area (Å²) in [6.45, 7) is 3.84. The molecule has 2 heterocycles. The molecule has 5 aromatic rings. The van der Waals surface area contributed by atoms with E-state index in [9.17, 15) is 14.4 Å². The molecule has 2 aromatic heterocycles. The van der Waals surface area contributed by atoms with Gasteiger partial charge in [0.15, 0.2) is 0 Å². The molecule has 5 nitrogen and oxygen atoms in total. The van der Waals surface area contributed by atoms with Crippen LogP contribution in [0.1, 0.15) is 36.5 Å². The van der Waals surface area contributed by atoms with Crippen LogP contribution in [0.4, 0.5) is 9.39 Å². The summed E-state index contributed by atoms with van der Waals surface area (Å²) in [5.74, 6) is -0.728. The van der Waals surface area contributed by atoms with E-state index in [1.807, 2.05) is 56.3 Å². The monoisotopic (exact) mass is 494 g/mol. The molecule has 36 heavy (non-hydrogen) atoms. The van der Waals surface area contributed by atoms with Crippen LogP contribution >= 0.6 is 11.3 Å². The van der Waals surface area contributed by atoms with Crippen molar-refractivity contribution in [2.24, 2.45) is 5.41 Å². The third-order valence-corrected chi connectivity index (χ3v) is 7.28. The number of nitriles is 1. The summed E-state index contributed by atoms with van der Waals surface area (Å²) in [5, 5.41) is 20.1. The Kier molecular flexibility index (Phi) is 6.13. The van der Waals surface area contributed by atoms with E-state index in [4.69, 9.17) is 0 Å². The summed E-state index contributed by atoms with van der Waals surface area (Å²) >= 11 is 1.34. The van der Waals surface area contributed by atoms with Gasteiger partial charge in [-0.05, 0) is 59.0 Å². The SMILES string of the molecule is CC(C)(C(=O)Nc1sccc1C#N)C(c1ccccc1)c1ccc2c(cnn2-c2ccc(F)cc2)c1. The van der Waals surface area contributed by atoms with Crippen LogP contribution in [-0.2, 0) is 4.79 Å². The van der Waals surface area contributed by atoms with Gasteiger partial charge >= 0.3 is 0 Å². The van der Waals surface area contributed by atoms with Crippen LogP contribution in [0.25, 0.3) is 16.6 Å². The van der Waals surface area contributed by atoms with Crippen molar-refractivity contribution in [3.05, 3.63) is 113 Å². The maximum absolute atomic E-state index is 13.6. The number of nitrogens with zero attached hydrogens (tertiary/aromatic N) is 3. The van der Waals surface area contributed by atoms with Crippen LogP contribution in [0.15, 0.2) is 90.4 Å². The highest BCUT2D eigenvalue weighted by atomic mass is 32.1. The second-order valence-electron chi connectivity index (χ2n) is 9.15. The van der Waals surface area contributed by atoms with Crippen LogP contribution in [0, 0.1) is 22.6 Å². The van der Waals surface area contributed by atoms with E-state index in [-0.39, 0.29) is 17.6 Å². The van der Waals surface area contributed by atoms with Gasteiger partial charge in [-0.1, -0.05) is 50.2 Å². The number of anilines is 1. The normalized spacial score (nSPS) is 12.3. The Labute approximate surface area is 212 Å². The Morgan fingerprint density at radius 2 is 1.81 bits per heavy atom. The third-order valence-electron chi connectivity index (χ3n) is 6.45. The van der Waals surface area contributed by atoms with Crippen LogP contribution < -0.4 is 5.32 Å². The molecule has 1 unspecified atom stereocenters. The number of aromatic nitrogens is 2. The van der Waals surface area contributed by atoms with Crippen molar-refractivity contribution in [1.29, 1.82) is 5.26 Å². The molecule has 1 atom stereocenters. The molecule has 0 spiro atoms. The minimum atomic E-state index is -0.849. The Hall–Kier alpha value is -4.28. The Bertz CT molecular complexity index is 1580. The van der Waals surface area contributed by atoms with Crippen molar-refractivity contribution in [3.63, 3.8) is 0 Å². The minimum absolute atomic E-state index is 0.169. The molecule has 3 aromatic carbocycles. The summed E-state index contributed by atoms with van der Waals surface area (Å²) in [6, 6.07) is 26.0. The lowest BCUT2D eigenvalue weighted by Crippen LogP contribution is -2.37. The van der Waals surface area contributed by atoms with E-state index < -0.39 is 5.41 Å². The summed E-state index contributed by atoms with van der Waals surface area (Å²) in [5.41, 5.74) is 3.24. The number of amides is 1. The van der Waals surface area contributed by atoms with Crippen LogP contribution in [0.3, 0.4) is 0 Å². The van der Waals surface area contributed by atoms with Crippen molar-refractivity contribution >= 4 is 33.1 Å². The lowest BCUT2D eigenvalue weighted by Gasteiger charge is -2.34. The maximum Gasteiger partial charge on any atom is 0.231 e. The molecular formula is C29H23FN4OS. The summed E-state index contributed by atoms with van der Waals surface area (Å²) in [6.07, 6.45) is 1.78. The molecule has 7 heteroatoms. The average Bonchev–Trinajstić information content (AvgIpc) is 3.51. The highest BCUT2D eigenvalue weighted by Crippen LogP contribution is 2.43. The standard InChI is InChI=1S/C29H23FN4OS/c1-29(2,28(35)33-27-21(17-31)14-15-36-27)26(19-6-4-3-5-7-19)20-8-13-25-22(16-20)18-32-34(25)24-11-9-23(30)10-12-24/h3-16,18,26H,1-2H3,(H,33,35). The van der Waals surface area contributed by atoms with E-state index in [2.05, 4.69) is 22.6 Å². The lowest BCUT2D eigenvalue weighted by molar-refractivity contribution is -0.124. The third kappa shape index (κ3) is 4.28. The van der Waals surface area contributed by atoms with Crippen molar-refractivity contribution in [2.75, 3.05) is 5.32 Å². The number of hydrogen-bond acceptors (Lipinski definition) is 4. The molecule has 0 saturated heterocycles. The van der Waals surface area contributed by atoms with Gasteiger partial charge in [-0.15, -0.1) is 11.3 Å². The van der Waals surface area contributed by atoms with Gasteiger partial charge in [-0.25, -0.2) is 9.07 Å². The summed E-state index contributed by atoms with van der Waals surface area (Å²) < 4.78 is 15.2. The fourth-order valence-corrected chi connectivity index (χ4v) is 5.31. The smallest absolute Gasteiger partial charge is 0.231 e. The maximum atomic E-state index is 13.6. The van der Waals surface area contributed by atoms with Crippen molar-refractivity contribution < 1.29 is 9.18 Å². The first kappa shape index (κ1) is 23.5. The predicted molar refractivity (Wildman–Crippen MR) is 141 cm³/mol. The Morgan fingerprint density at radius 1 is 1.06 bits per heavy atom. The molecule has 0 aliphatic rings. The zero-order chi connectivity index (χ0) is 25.3. The molecule has 0 aliphatic heterocycles. The predicted octanol–water partition coefficient (Wildman–Crippen LogP) is 6.89. The number of carbonyl (C=O) groups excluding carboxylic acids is 1. The van der Waals surface area contributed by atoms with Crippen LogP contribution in [-0.4, -0.2) is 15.7 Å². The topological polar surface area (TPSA) is 70.7 Å². The van der Waals surface area contributed by atoms with Gasteiger partial charge in [0.05, 0.1) is 28.4 Å². The first-order valence-corrected chi connectivity index (χ1v) is 12.3. The Morgan fingerprint density at radius 3 is 2.53 bits per heavy atom. The van der Waals surface area contributed by atoms with E-state index in [1.165, 1.54) is 23.5 Å². The van der Waals surface area contributed by atoms with Crippen molar-refractivity contribution in [1.82, 2.24) is 9.78 Å². The number of carbonyl (C=O) groups is 1. The van der Waals surface area contributed by atoms with Crippen LogP contribution in [0.5, 0.6) is 0 Å². The van der Waals surface area contributed by atoms with Gasteiger partial charge in [-0.3, -0.25) is 4.79 Å². The fraction of sp³-hybridized carbons (Fsp3) is 0.138. The zero-order valence-electron chi connectivity index (χ0n) is 19.8. The Balaban J connectivity index is 1.56. The summed E-state index contributed by atoms with van der Waals surface area (Å²) in [7, 11) is 0. The van der Waals surface area contributed by atoms with Gasteiger partial charge in [0.25, 0.3) is 0 Å². The second-order valence-corrected chi connectivity index (χ2v) is 10.1. The van der Waals surface area contributed by atoms with Crippen molar-refractivity contribution in [3.8, 4) is 11.8 Å². The number of nitrogens with one attached hydrogen (secondary N) is 1. The largest absolute Gasteiger partial charge is 0.316 e. The van der Waals surface area contributed by atoms with Gasteiger partial charge < -0.3 is 5.32 Å². The number of rotatable bonds is 6. The minimum Gasteiger partial charge on any atom is -0.316 e. The zero-order valence-corrected chi connectivity index (χ0v) is 20.6. The number of halogens is 1. The number of thiophene rings is 1. The molecule has 0 radical (unpaired) electrons. The van der Waals surface area contributed by atoms with Gasteiger partial charge in [0.1, 0.15) is 16.9 Å². The molecule has 5 rings (SSSR count). The number of benzene rings is 3. The molecule has 178 valence electrons. The van der Waals surface area contributed by atoms with Gasteiger partial charge in [0.2, 0.25) is 5.91 Å². The highest BCUT2D eigenvalue weighted by Gasteiger charge is 2.39. The van der Waals surface area contributed by atoms with Crippen LogP contribution in [0.2, 0.25) is 0 Å². The quantitative estimate of drug-likeness (QED) is 0.279. The van der Waals surface area contributed by atoms with Gasteiger partial charge in [-0.2, -0.15) is 10.4 Å². The first-order chi connectivity index (χ1) is 17.4. The molecule has 0 saturated carbocycles. The number of fused-ring (bicyclic) bond motifs is 1. The average molecular weight is 495 g/mol. The van der Waals surface area contributed by atoms with Gasteiger partial charge in [0, 0.05) is 11.3 Å². The second kappa shape index (κ2) is 9.40. The highest BCUT2D eigenvalue weighted by molar-refractivity contribution is 7.14. The van der Waals surface area contributed by atoms with E-state index >= 15 is 0 Å².